The van der Waals surface area contributed by atoms with Gasteiger partial charge in [-0.05, 0) is 25.6 Å². The molecule has 0 amide bonds. The Morgan fingerprint density at radius 1 is 1.33 bits per heavy atom. The van der Waals surface area contributed by atoms with Gasteiger partial charge in [0.05, 0.1) is 0 Å². The molecule has 1 aliphatic heterocycles. The first-order valence-corrected chi connectivity index (χ1v) is 5.50. The van der Waals surface area contributed by atoms with Crippen LogP contribution in [0.25, 0.3) is 0 Å². The molecular weight excluding hydrogens is 186 g/mol. The molecule has 1 aromatic carbocycles. The van der Waals surface area contributed by atoms with Crippen molar-refractivity contribution in [1.82, 2.24) is 4.90 Å². The van der Waals surface area contributed by atoms with E-state index in [0.717, 1.165) is 25.8 Å². The minimum atomic E-state index is 0.198. The number of aldehydes is 1. The monoisotopic (exact) mass is 203 g/mol. The third-order valence-corrected chi connectivity index (χ3v) is 3.27. The summed E-state index contributed by atoms with van der Waals surface area (Å²) in [6.45, 7) is 2.03. The van der Waals surface area contributed by atoms with Gasteiger partial charge in [-0.1, -0.05) is 30.3 Å². The number of likely N-dealkylation sites (N-methyl/N-ethyl adjacent to an activating group) is 1. The second-order valence-corrected chi connectivity index (χ2v) is 4.37. The zero-order valence-corrected chi connectivity index (χ0v) is 9.10. The number of rotatable bonds is 2. The third-order valence-electron chi connectivity index (χ3n) is 3.27. The number of nitrogens with zero attached hydrogens (tertiary/aromatic N) is 1. The minimum absolute atomic E-state index is 0.198. The second kappa shape index (κ2) is 4.58. The maximum Gasteiger partial charge on any atom is 0.123 e. The van der Waals surface area contributed by atoms with E-state index in [1.807, 2.05) is 18.2 Å². The molecule has 0 aliphatic carbocycles. The average Bonchev–Trinajstić information content (AvgIpc) is 2.30. The van der Waals surface area contributed by atoms with Gasteiger partial charge in [0.2, 0.25) is 0 Å². The molecule has 0 aromatic heterocycles. The molecule has 1 heterocycles. The quantitative estimate of drug-likeness (QED) is 0.684. The van der Waals surface area contributed by atoms with Gasteiger partial charge in [0.15, 0.2) is 0 Å². The van der Waals surface area contributed by atoms with Crippen molar-refractivity contribution >= 4 is 6.29 Å². The van der Waals surface area contributed by atoms with Gasteiger partial charge < -0.3 is 9.69 Å². The molecule has 2 nitrogen and oxygen atoms in total. The zero-order valence-electron chi connectivity index (χ0n) is 9.10. The summed E-state index contributed by atoms with van der Waals surface area (Å²) in [4.78, 5) is 13.3. The highest BCUT2D eigenvalue weighted by atomic mass is 16.1. The number of benzene rings is 1. The molecule has 0 unspecified atom stereocenters. The summed E-state index contributed by atoms with van der Waals surface area (Å²) in [5.74, 6) is 0.575. The molecule has 0 N–H and O–H groups in total. The van der Waals surface area contributed by atoms with Crippen molar-refractivity contribution in [2.45, 2.75) is 12.3 Å². The van der Waals surface area contributed by atoms with Gasteiger partial charge in [-0.25, -0.2) is 0 Å². The Morgan fingerprint density at radius 2 is 2.07 bits per heavy atom. The average molecular weight is 203 g/mol. The largest absolute Gasteiger partial charge is 0.306 e. The molecule has 80 valence electrons. The number of hydrogen-bond acceptors (Lipinski definition) is 2. The number of likely N-dealkylation sites (tertiary alicyclic amines) is 1. The summed E-state index contributed by atoms with van der Waals surface area (Å²) >= 11 is 0. The van der Waals surface area contributed by atoms with Gasteiger partial charge in [-0.2, -0.15) is 0 Å². The van der Waals surface area contributed by atoms with E-state index < -0.39 is 0 Å². The van der Waals surface area contributed by atoms with Crippen LogP contribution in [0.3, 0.4) is 0 Å². The van der Waals surface area contributed by atoms with Crippen LogP contribution in [0.5, 0.6) is 0 Å². The lowest BCUT2D eigenvalue weighted by Gasteiger charge is -2.34. The summed E-state index contributed by atoms with van der Waals surface area (Å²) in [7, 11) is 2.12. The van der Waals surface area contributed by atoms with Crippen molar-refractivity contribution in [1.29, 1.82) is 0 Å². The predicted molar refractivity (Wildman–Crippen MR) is 60.9 cm³/mol. The van der Waals surface area contributed by atoms with Crippen molar-refractivity contribution in [3.8, 4) is 0 Å². The van der Waals surface area contributed by atoms with Gasteiger partial charge in [-0.3, -0.25) is 0 Å². The molecule has 0 saturated carbocycles. The lowest BCUT2D eigenvalue weighted by molar-refractivity contribution is -0.112. The molecule has 1 aromatic rings. The summed E-state index contributed by atoms with van der Waals surface area (Å²) in [6.07, 6.45) is 2.12. The van der Waals surface area contributed by atoms with Crippen molar-refractivity contribution in [2.75, 3.05) is 20.1 Å². The molecule has 0 radical (unpaired) electrons. The lowest BCUT2D eigenvalue weighted by Crippen LogP contribution is -2.37. The Kier molecular flexibility index (Phi) is 3.17. The lowest BCUT2D eigenvalue weighted by atomic mass is 9.82. The van der Waals surface area contributed by atoms with Crippen molar-refractivity contribution < 1.29 is 4.79 Å². The van der Waals surface area contributed by atoms with E-state index in [-0.39, 0.29) is 5.92 Å². The second-order valence-electron chi connectivity index (χ2n) is 4.37. The normalized spacial score (nSPS) is 27.5. The molecule has 15 heavy (non-hydrogen) atoms. The molecular formula is C13H17NO. The van der Waals surface area contributed by atoms with Crippen LogP contribution in [-0.2, 0) is 4.79 Å². The van der Waals surface area contributed by atoms with Gasteiger partial charge in [-0.15, -0.1) is 0 Å². The number of carbonyl (C=O) groups excluding carboxylic acids is 1. The molecule has 1 aliphatic rings. The molecule has 2 atom stereocenters. The van der Waals surface area contributed by atoms with Gasteiger partial charge in [0.1, 0.15) is 6.29 Å². The molecule has 1 saturated heterocycles. The van der Waals surface area contributed by atoms with E-state index in [1.54, 1.807) is 0 Å². The van der Waals surface area contributed by atoms with Crippen LogP contribution in [0, 0.1) is 5.92 Å². The Morgan fingerprint density at radius 3 is 2.73 bits per heavy atom. The van der Waals surface area contributed by atoms with E-state index >= 15 is 0 Å². The summed E-state index contributed by atoms with van der Waals surface area (Å²) in [5, 5.41) is 0. The van der Waals surface area contributed by atoms with Crippen molar-refractivity contribution in [3.05, 3.63) is 35.9 Å². The van der Waals surface area contributed by atoms with Crippen LogP contribution in [0.15, 0.2) is 30.3 Å². The van der Waals surface area contributed by atoms with Crippen LogP contribution >= 0.6 is 0 Å². The van der Waals surface area contributed by atoms with Gasteiger partial charge in [0, 0.05) is 18.4 Å². The standard InChI is InChI=1S/C13H17NO/c1-14-8-7-12(10-15)13(9-14)11-5-3-2-4-6-11/h2-6,10,12-13H,7-9H2,1H3/t12-,13-/m0/s1. The maximum absolute atomic E-state index is 11.0. The molecule has 0 spiro atoms. The predicted octanol–water partition coefficient (Wildman–Crippen LogP) is 1.92. The third kappa shape index (κ3) is 2.26. The molecule has 2 heteroatoms. The first-order chi connectivity index (χ1) is 7.31. The smallest absolute Gasteiger partial charge is 0.123 e. The summed E-state index contributed by atoms with van der Waals surface area (Å²) in [5.41, 5.74) is 1.29. The highest BCUT2D eigenvalue weighted by molar-refractivity contribution is 5.56. The first kappa shape index (κ1) is 10.4. The zero-order chi connectivity index (χ0) is 10.7. The van der Waals surface area contributed by atoms with E-state index in [2.05, 4.69) is 24.1 Å². The first-order valence-electron chi connectivity index (χ1n) is 5.50. The van der Waals surface area contributed by atoms with Crippen molar-refractivity contribution in [2.24, 2.45) is 5.92 Å². The maximum atomic E-state index is 11.0. The number of piperidine rings is 1. The summed E-state index contributed by atoms with van der Waals surface area (Å²) < 4.78 is 0. The fourth-order valence-corrected chi connectivity index (χ4v) is 2.35. The van der Waals surface area contributed by atoms with Gasteiger partial charge in [0.25, 0.3) is 0 Å². The SMILES string of the molecule is CN1CC[C@@H](C=O)[C@H](c2ccccc2)C1. The number of carbonyl (C=O) groups is 1. The Bertz CT molecular complexity index is 323. The van der Waals surface area contributed by atoms with Crippen LogP contribution in [0.1, 0.15) is 17.9 Å². The molecule has 2 rings (SSSR count). The van der Waals surface area contributed by atoms with E-state index in [1.165, 1.54) is 5.56 Å². The Hall–Kier alpha value is -1.15. The molecule has 0 bridgehead atoms. The van der Waals surface area contributed by atoms with E-state index in [0.29, 0.717) is 5.92 Å². The van der Waals surface area contributed by atoms with Crippen LogP contribution in [0.4, 0.5) is 0 Å². The fraction of sp³-hybridized carbons (Fsp3) is 0.462. The van der Waals surface area contributed by atoms with E-state index in [4.69, 9.17) is 0 Å². The van der Waals surface area contributed by atoms with Crippen molar-refractivity contribution in [3.63, 3.8) is 0 Å². The number of hydrogen-bond donors (Lipinski definition) is 0. The highest BCUT2D eigenvalue weighted by Crippen LogP contribution is 2.30. The fourth-order valence-electron chi connectivity index (χ4n) is 2.35. The Balaban J connectivity index is 2.20. The summed E-state index contributed by atoms with van der Waals surface area (Å²) in [6, 6.07) is 10.4. The van der Waals surface area contributed by atoms with Crippen LogP contribution in [-0.4, -0.2) is 31.3 Å². The highest BCUT2D eigenvalue weighted by Gasteiger charge is 2.28. The van der Waals surface area contributed by atoms with Crippen LogP contribution in [0.2, 0.25) is 0 Å². The molecule has 1 fully saturated rings. The minimum Gasteiger partial charge on any atom is -0.306 e. The topological polar surface area (TPSA) is 20.3 Å². The van der Waals surface area contributed by atoms with Gasteiger partial charge >= 0.3 is 0 Å². The Labute approximate surface area is 90.9 Å². The van der Waals surface area contributed by atoms with Crippen LogP contribution < -0.4 is 0 Å². The van der Waals surface area contributed by atoms with E-state index in [9.17, 15) is 4.79 Å².